The number of methoxy groups -OCH3 is 1. The summed E-state index contributed by atoms with van der Waals surface area (Å²) in [7, 11) is 1.64. The van der Waals surface area contributed by atoms with E-state index in [4.69, 9.17) is 18.9 Å². The van der Waals surface area contributed by atoms with Gasteiger partial charge >= 0.3 is 6.16 Å². The van der Waals surface area contributed by atoms with Gasteiger partial charge in [0.1, 0.15) is 30.2 Å². The molecular formula is C83H104N6O11. The quantitative estimate of drug-likeness (QED) is 0.00484. The van der Waals surface area contributed by atoms with E-state index in [1.165, 1.54) is 82.1 Å². The zero-order valence-corrected chi connectivity index (χ0v) is 59.4. The SMILES string of the molecule is COc1ccc(C(NCCCC[C@@H](NC(=O)[C@H](Cc2ccccc2)NC(=O)CCC(=O)NCCCO[C@H]2CC[C@@]3(C)C(=CC[C@H]4[C@@H]5CC[C@H]([C@H](C)CCCC(C)C)[C@@]5(C)CC[C@@H]43)C2)C(=O)Nc2ccc(COC(=O)Oc3ccc([N+](=O)[O-])cc3)cc2)(c2ccccc2)c2ccccc2)cc1. The molecule has 532 valence electrons. The van der Waals surface area contributed by atoms with Crippen molar-refractivity contribution in [3.63, 3.8) is 0 Å². The van der Waals surface area contributed by atoms with Gasteiger partial charge in [0.2, 0.25) is 23.6 Å². The molecule has 3 fully saturated rings. The Labute approximate surface area is 591 Å². The number of allylic oxidation sites excluding steroid dienone is 1. The Morgan fingerprint density at radius 2 is 1.29 bits per heavy atom. The lowest BCUT2D eigenvalue weighted by atomic mass is 9.47. The number of nitrogens with zero attached hydrogens (tertiary/aromatic N) is 1. The highest BCUT2D eigenvalue weighted by Gasteiger charge is 2.59. The van der Waals surface area contributed by atoms with Crippen LogP contribution in [-0.2, 0) is 47.2 Å². The van der Waals surface area contributed by atoms with Crippen LogP contribution in [0.1, 0.15) is 172 Å². The van der Waals surface area contributed by atoms with Gasteiger partial charge in [0, 0.05) is 50.2 Å². The Kier molecular flexibility index (Phi) is 26.0. The average molecular weight is 1360 g/mol. The predicted molar refractivity (Wildman–Crippen MR) is 390 cm³/mol. The summed E-state index contributed by atoms with van der Waals surface area (Å²) in [6.45, 7) is 13.8. The van der Waals surface area contributed by atoms with Gasteiger partial charge in [-0.15, -0.1) is 0 Å². The maximum atomic E-state index is 14.7. The van der Waals surface area contributed by atoms with Crippen molar-refractivity contribution in [2.24, 2.45) is 46.3 Å². The Bertz CT molecular complexity index is 3650. The fourth-order valence-corrected chi connectivity index (χ4v) is 17.1. The molecule has 0 unspecified atom stereocenters. The minimum absolute atomic E-state index is 0.0737. The number of hydrogen-bond donors (Lipinski definition) is 5. The first-order valence-electron chi connectivity index (χ1n) is 36.6. The maximum Gasteiger partial charge on any atom is 0.514 e. The second-order valence-corrected chi connectivity index (χ2v) is 29.3. The molecule has 0 radical (unpaired) electrons. The number of ether oxygens (including phenoxy) is 4. The zero-order chi connectivity index (χ0) is 70.7. The van der Waals surface area contributed by atoms with Gasteiger partial charge in [-0.1, -0.05) is 181 Å². The number of rotatable bonds is 34. The first-order valence-corrected chi connectivity index (χ1v) is 36.6. The van der Waals surface area contributed by atoms with Gasteiger partial charge in [-0.3, -0.25) is 34.6 Å². The van der Waals surface area contributed by atoms with Crippen LogP contribution in [0.4, 0.5) is 16.2 Å². The van der Waals surface area contributed by atoms with E-state index in [1.54, 1.807) is 36.9 Å². The van der Waals surface area contributed by atoms with Crippen molar-refractivity contribution in [1.29, 1.82) is 0 Å². The third-order valence-electron chi connectivity index (χ3n) is 22.5. The number of benzene rings is 6. The van der Waals surface area contributed by atoms with Crippen LogP contribution in [0.2, 0.25) is 0 Å². The van der Waals surface area contributed by atoms with E-state index in [9.17, 15) is 34.1 Å². The van der Waals surface area contributed by atoms with Crippen molar-refractivity contribution < 1.29 is 47.8 Å². The number of carbonyl (C=O) groups is 5. The standard InChI is InChI=1S/C83H104N6O11/c1-57(2)20-18-21-58(3)71-43-44-72-70-42-33-64-55-69(47-49-81(64,4)73(70)48-50-82(71,72)5)98-53-19-51-84-76(90)45-46-77(91)87-75(54-59-22-10-7-11-23-59)79(93)88-74(78(92)86-65-34-29-60(30-35-65)56-99-80(94)100-68-40-36-66(37-41-68)89(95)96)28-16-17-52-85-83(61-24-12-8-13-25-61,62-26-14-9-15-27-62)63-31-38-67(97-6)39-32-63/h7-15,22-27,29-41,57-58,69-75,85H,16-21,28,42-56H2,1-6H3,(H,84,90)(H,86,92)(H,87,91)(H,88,93)/t58-,69+,70+,71-,72+,73+,74-,75+,81+,82-/m1/s1. The molecule has 0 heterocycles. The Balaban J connectivity index is 0.735. The summed E-state index contributed by atoms with van der Waals surface area (Å²) in [5.74, 6) is 3.81. The van der Waals surface area contributed by atoms with E-state index in [0.29, 0.717) is 55.6 Å². The minimum atomic E-state index is -1.10. The average Bonchev–Trinajstić information content (AvgIpc) is 1.40. The van der Waals surface area contributed by atoms with Crippen LogP contribution in [0.3, 0.4) is 0 Å². The lowest BCUT2D eigenvalue weighted by Gasteiger charge is -2.58. The van der Waals surface area contributed by atoms with Crippen LogP contribution in [0, 0.1) is 56.5 Å². The topological polar surface area (TPSA) is 226 Å². The van der Waals surface area contributed by atoms with Gasteiger partial charge in [-0.25, -0.2) is 4.79 Å². The number of nitro benzene ring substituents is 1. The number of fused-ring (bicyclic) bond motifs is 5. The second-order valence-electron chi connectivity index (χ2n) is 29.3. The molecule has 17 nitrogen and oxygen atoms in total. The van der Waals surface area contributed by atoms with Gasteiger partial charge < -0.3 is 40.2 Å². The number of hydrogen-bond acceptors (Lipinski definition) is 12. The first kappa shape index (κ1) is 74.0. The van der Waals surface area contributed by atoms with Crippen LogP contribution >= 0.6 is 0 Å². The highest BCUT2D eigenvalue weighted by atomic mass is 16.7. The van der Waals surface area contributed by atoms with Gasteiger partial charge in [0.25, 0.3) is 5.69 Å². The second kappa shape index (κ2) is 35.1. The number of nitro groups is 1. The highest BCUT2D eigenvalue weighted by Crippen LogP contribution is 2.67. The summed E-state index contributed by atoms with van der Waals surface area (Å²) in [6, 6.07) is 47.3. The summed E-state index contributed by atoms with van der Waals surface area (Å²) >= 11 is 0. The lowest BCUT2D eigenvalue weighted by Crippen LogP contribution is -2.53. The molecule has 17 heteroatoms. The molecule has 0 spiro atoms. The molecular weight excluding hydrogens is 1260 g/mol. The lowest BCUT2D eigenvalue weighted by molar-refractivity contribution is -0.384. The number of non-ortho nitro benzene ring substituents is 1. The smallest absolute Gasteiger partial charge is 0.497 e. The van der Waals surface area contributed by atoms with Crippen LogP contribution in [-0.4, -0.2) is 79.7 Å². The molecule has 3 saturated carbocycles. The zero-order valence-electron chi connectivity index (χ0n) is 59.4. The molecule has 0 bridgehead atoms. The van der Waals surface area contributed by atoms with Crippen molar-refractivity contribution >= 4 is 41.2 Å². The fourth-order valence-electron chi connectivity index (χ4n) is 17.1. The maximum absolute atomic E-state index is 14.7. The number of anilines is 1. The van der Waals surface area contributed by atoms with E-state index in [-0.39, 0.29) is 61.2 Å². The Morgan fingerprint density at radius 1 is 0.630 bits per heavy atom. The van der Waals surface area contributed by atoms with E-state index in [2.05, 4.69) is 104 Å². The molecule has 6 aromatic carbocycles. The largest absolute Gasteiger partial charge is 0.514 e. The van der Waals surface area contributed by atoms with Crippen LogP contribution < -0.4 is 36.1 Å². The predicted octanol–water partition coefficient (Wildman–Crippen LogP) is 15.9. The molecule has 0 aliphatic heterocycles. The molecule has 4 aliphatic rings. The van der Waals surface area contributed by atoms with E-state index >= 15 is 0 Å². The highest BCUT2D eigenvalue weighted by molar-refractivity contribution is 5.98. The molecule has 0 aromatic heterocycles. The minimum Gasteiger partial charge on any atom is -0.497 e. The van der Waals surface area contributed by atoms with Crippen LogP contribution in [0.15, 0.2) is 175 Å². The fraction of sp³-hybridized carbons (Fsp3) is 0.482. The number of carbonyl (C=O) groups excluding carboxylic acids is 5. The molecule has 0 saturated heterocycles. The summed E-state index contributed by atoms with van der Waals surface area (Å²) in [6.07, 6.45) is 17.6. The normalized spacial score (nSPS) is 21.7. The molecule has 4 amide bonds. The summed E-state index contributed by atoms with van der Waals surface area (Å²) < 4.78 is 22.6. The van der Waals surface area contributed by atoms with E-state index in [0.717, 1.165) is 76.4 Å². The molecule has 4 aliphatic carbocycles. The molecule has 10 rings (SSSR count). The molecule has 5 N–H and O–H groups in total. The van der Waals surface area contributed by atoms with Crippen molar-refractivity contribution in [1.82, 2.24) is 21.3 Å². The van der Waals surface area contributed by atoms with E-state index < -0.39 is 46.4 Å². The molecule has 6 aromatic rings. The van der Waals surface area contributed by atoms with Gasteiger partial charge in [0.15, 0.2) is 0 Å². The number of nitrogens with one attached hydrogen (secondary N) is 5. The molecule has 100 heavy (non-hydrogen) atoms. The van der Waals surface area contributed by atoms with Crippen molar-refractivity contribution in [2.75, 3.05) is 32.1 Å². The Hall–Kier alpha value is -8.67. The first-order chi connectivity index (χ1) is 48.3. The summed E-state index contributed by atoms with van der Waals surface area (Å²) in [5.41, 5.74) is 6.22. The van der Waals surface area contributed by atoms with Gasteiger partial charge in [0.05, 0.1) is 23.7 Å². The monoisotopic (exact) mass is 1360 g/mol. The summed E-state index contributed by atoms with van der Waals surface area (Å²) in [5, 5.41) is 26.8. The van der Waals surface area contributed by atoms with Crippen molar-refractivity contribution in [3.8, 4) is 11.5 Å². The number of amides is 4. The van der Waals surface area contributed by atoms with Crippen molar-refractivity contribution in [3.05, 3.63) is 213 Å². The van der Waals surface area contributed by atoms with Crippen molar-refractivity contribution in [2.45, 2.75) is 181 Å². The van der Waals surface area contributed by atoms with Crippen LogP contribution in [0.5, 0.6) is 11.5 Å². The summed E-state index contributed by atoms with van der Waals surface area (Å²) in [4.78, 5) is 79.5. The Morgan fingerprint density at radius 3 is 1.96 bits per heavy atom. The third-order valence-corrected chi connectivity index (χ3v) is 22.5. The van der Waals surface area contributed by atoms with Gasteiger partial charge in [-0.05, 0) is 194 Å². The van der Waals surface area contributed by atoms with Gasteiger partial charge in [-0.2, -0.15) is 0 Å². The number of unbranched alkanes of at least 4 members (excludes halogenated alkanes) is 1. The third kappa shape index (κ3) is 18.8. The molecule has 10 atom stereocenters. The van der Waals surface area contributed by atoms with E-state index in [1.807, 2.05) is 78.9 Å². The van der Waals surface area contributed by atoms with Crippen LogP contribution in [0.25, 0.3) is 0 Å².